The van der Waals surface area contributed by atoms with Crippen LogP contribution in [0.4, 0.5) is 0 Å². The van der Waals surface area contributed by atoms with E-state index in [1.165, 1.54) is 5.56 Å². The molecule has 0 amide bonds. The third kappa shape index (κ3) is 5.00. The van der Waals surface area contributed by atoms with Crippen LogP contribution in [-0.4, -0.2) is 62.1 Å². The monoisotopic (exact) mass is 354 g/mol. The van der Waals surface area contributed by atoms with E-state index in [0.29, 0.717) is 26.1 Å². The Hall–Kier alpha value is -0.990. The van der Waals surface area contributed by atoms with Crippen molar-refractivity contribution in [2.24, 2.45) is 0 Å². The highest BCUT2D eigenvalue weighted by Crippen LogP contribution is 2.20. The second-order valence-corrected chi connectivity index (χ2v) is 8.57. The molecule has 2 aliphatic rings. The molecule has 2 saturated heterocycles. The zero-order valence-electron chi connectivity index (χ0n) is 13.8. The number of aliphatic hydroxyl groups is 1. The number of hydrogen-bond acceptors (Lipinski definition) is 5. The summed E-state index contributed by atoms with van der Waals surface area (Å²) < 4.78 is 32.5. The van der Waals surface area contributed by atoms with Crippen molar-refractivity contribution in [1.82, 2.24) is 9.62 Å². The van der Waals surface area contributed by atoms with Gasteiger partial charge in [-0.3, -0.25) is 4.90 Å². The molecule has 0 aromatic heterocycles. The highest BCUT2D eigenvalue weighted by molar-refractivity contribution is 7.89. The molecular weight excluding hydrogens is 328 g/mol. The van der Waals surface area contributed by atoms with Crippen LogP contribution in [0, 0.1) is 0 Å². The predicted octanol–water partition coefficient (Wildman–Crippen LogP) is 0.720. The van der Waals surface area contributed by atoms with Gasteiger partial charge >= 0.3 is 0 Å². The number of benzene rings is 1. The molecule has 6 nitrogen and oxygen atoms in total. The lowest BCUT2D eigenvalue weighted by Crippen LogP contribution is -2.41. The van der Waals surface area contributed by atoms with Gasteiger partial charge in [0, 0.05) is 32.3 Å². The molecule has 7 heteroatoms. The highest BCUT2D eigenvalue weighted by atomic mass is 32.2. The number of β-amino-alcohol motifs (C(OH)–C–C–N with tert-alkyl or cyclic N) is 1. The first-order valence-corrected chi connectivity index (χ1v) is 10.2. The van der Waals surface area contributed by atoms with E-state index < -0.39 is 16.1 Å². The molecule has 3 atom stereocenters. The average Bonchev–Trinajstić information content (AvgIpc) is 3.16. The van der Waals surface area contributed by atoms with Crippen molar-refractivity contribution in [3.63, 3.8) is 0 Å². The van der Waals surface area contributed by atoms with Gasteiger partial charge in [-0.2, -0.15) is 0 Å². The molecule has 0 saturated carbocycles. The van der Waals surface area contributed by atoms with E-state index in [-0.39, 0.29) is 17.9 Å². The Labute approximate surface area is 143 Å². The summed E-state index contributed by atoms with van der Waals surface area (Å²) in [6, 6.07) is 10.0. The molecule has 2 heterocycles. The van der Waals surface area contributed by atoms with Crippen molar-refractivity contribution in [2.75, 3.05) is 25.4 Å². The zero-order chi connectivity index (χ0) is 17.0. The van der Waals surface area contributed by atoms with E-state index in [0.717, 1.165) is 19.4 Å². The lowest BCUT2D eigenvalue weighted by atomic mass is 10.2. The lowest BCUT2D eigenvalue weighted by Gasteiger charge is -2.24. The number of nitrogens with one attached hydrogen (secondary N) is 1. The normalized spacial score (nSPS) is 28.5. The van der Waals surface area contributed by atoms with E-state index in [1.807, 2.05) is 30.3 Å². The number of ether oxygens (including phenoxy) is 1. The smallest absolute Gasteiger partial charge is 0.214 e. The van der Waals surface area contributed by atoms with Crippen LogP contribution in [0.25, 0.3) is 0 Å². The second-order valence-electron chi connectivity index (χ2n) is 6.72. The molecule has 1 aromatic rings. The van der Waals surface area contributed by atoms with Crippen LogP contribution < -0.4 is 4.72 Å². The number of nitrogens with zero attached hydrogens (tertiary/aromatic N) is 1. The number of rotatable bonds is 7. The maximum atomic E-state index is 12.2. The van der Waals surface area contributed by atoms with Crippen LogP contribution in [0.15, 0.2) is 30.3 Å². The van der Waals surface area contributed by atoms with Crippen LogP contribution in [0.1, 0.15) is 24.8 Å². The van der Waals surface area contributed by atoms with Crippen LogP contribution >= 0.6 is 0 Å². The molecule has 1 aromatic carbocycles. The van der Waals surface area contributed by atoms with Gasteiger partial charge in [0.05, 0.1) is 18.0 Å². The molecule has 3 unspecified atom stereocenters. The Balaban J connectivity index is 1.54. The zero-order valence-corrected chi connectivity index (χ0v) is 14.6. The molecule has 2 aliphatic heterocycles. The van der Waals surface area contributed by atoms with E-state index in [2.05, 4.69) is 9.62 Å². The fourth-order valence-electron chi connectivity index (χ4n) is 3.48. The summed E-state index contributed by atoms with van der Waals surface area (Å²) in [4.78, 5) is 2.15. The molecular formula is C17H26N2O4S. The van der Waals surface area contributed by atoms with E-state index in [1.54, 1.807) is 0 Å². The summed E-state index contributed by atoms with van der Waals surface area (Å²) in [6.45, 7) is 2.28. The van der Waals surface area contributed by atoms with Crippen LogP contribution in [0.2, 0.25) is 0 Å². The van der Waals surface area contributed by atoms with Gasteiger partial charge in [-0.1, -0.05) is 30.3 Å². The standard InChI is InChI=1S/C17H26N2O4S/c20-16-9-15(19(12-16)11-14-5-2-1-3-6-14)10-18-24(21,22)13-17-7-4-8-23-17/h1-3,5-6,15-18,20H,4,7-13H2. The first-order valence-electron chi connectivity index (χ1n) is 8.57. The molecule has 134 valence electrons. The fraction of sp³-hybridized carbons (Fsp3) is 0.647. The van der Waals surface area contributed by atoms with Crippen molar-refractivity contribution < 1.29 is 18.3 Å². The molecule has 0 radical (unpaired) electrons. The summed E-state index contributed by atoms with van der Waals surface area (Å²) in [6.07, 6.45) is 1.75. The third-order valence-electron chi connectivity index (χ3n) is 4.70. The second kappa shape index (κ2) is 7.93. The quantitative estimate of drug-likeness (QED) is 0.754. The molecule has 2 N–H and O–H groups in total. The van der Waals surface area contributed by atoms with Gasteiger partial charge in [-0.15, -0.1) is 0 Å². The van der Waals surface area contributed by atoms with E-state index >= 15 is 0 Å². The number of aliphatic hydroxyl groups excluding tert-OH is 1. The van der Waals surface area contributed by atoms with Crippen LogP contribution in [0.3, 0.4) is 0 Å². The Bertz CT molecular complexity index is 617. The Morgan fingerprint density at radius 3 is 2.79 bits per heavy atom. The maximum Gasteiger partial charge on any atom is 0.214 e. The predicted molar refractivity (Wildman–Crippen MR) is 92.0 cm³/mol. The average molecular weight is 354 g/mol. The first kappa shape index (κ1) is 17.8. The minimum absolute atomic E-state index is 0.0134. The maximum absolute atomic E-state index is 12.2. The fourth-order valence-corrected chi connectivity index (χ4v) is 4.80. The third-order valence-corrected chi connectivity index (χ3v) is 6.12. The van der Waals surface area contributed by atoms with Crippen molar-refractivity contribution in [3.8, 4) is 0 Å². The Morgan fingerprint density at radius 1 is 1.29 bits per heavy atom. The number of hydrogen-bond donors (Lipinski definition) is 2. The summed E-state index contributed by atoms with van der Waals surface area (Å²) >= 11 is 0. The Morgan fingerprint density at radius 2 is 2.08 bits per heavy atom. The Kier molecular flexibility index (Phi) is 5.89. The molecule has 2 fully saturated rings. The van der Waals surface area contributed by atoms with Crippen molar-refractivity contribution in [1.29, 1.82) is 0 Å². The summed E-state index contributed by atoms with van der Waals surface area (Å²) in [5, 5.41) is 9.97. The van der Waals surface area contributed by atoms with Crippen LogP contribution in [-0.2, 0) is 21.3 Å². The van der Waals surface area contributed by atoms with Gasteiger partial charge < -0.3 is 9.84 Å². The van der Waals surface area contributed by atoms with Gasteiger partial charge in [0.15, 0.2) is 0 Å². The molecule has 0 bridgehead atoms. The minimum atomic E-state index is -3.35. The SMILES string of the molecule is O=S(=O)(CC1CCCO1)NCC1CC(O)CN1Cc1ccccc1. The van der Waals surface area contributed by atoms with Crippen molar-refractivity contribution in [2.45, 2.75) is 44.1 Å². The largest absolute Gasteiger partial charge is 0.392 e. The molecule has 0 aliphatic carbocycles. The lowest BCUT2D eigenvalue weighted by molar-refractivity contribution is 0.127. The summed E-state index contributed by atoms with van der Waals surface area (Å²) in [7, 11) is -3.35. The van der Waals surface area contributed by atoms with E-state index in [4.69, 9.17) is 4.74 Å². The van der Waals surface area contributed by atoms with E-state index in [9.17, 15) is 13.5 Å². The van der Waals surface area contributed by atoms with Gasteiger partial charge in [0.25, 0.3) is 0 Å². The summed E-state index contributed by atoms with van der Waals surface area (Å²) in [5.41, 5.74) is 1.17. The van der Waals surface area contributed by atoms with Crippen molar-refractivity contribution >= 4 is 10.0 Å². The van der Waals surface area contributed by atoms with Gasteiger partial charge in [-0.25, -0.2) is 13.1 Å². The van der Waals surface area contributed by atoms with Crippen molar-refractivity contribution in [3.05, 3.63) is 35.9 Å². The topological polar surface area (TPSA) is 78.9 Å². The number of sulfonamides is 1. The van der Waals surface area contributed by atoms with Gasteiger partial charge in [0.1, 0.15) is 0 Å². The molecule has 3 rings (SSSR count). The van der Waals surface area contributed by atoms with Gasteiger partial charge in [0.2, 0.25) is 10.0 Å². The van der Waals surface area contributed by atoms with Crippen LogP contribution in [0.5, 0.6) is 0 Å². The summed E-state index contributed by atoms with van der Waals surface area (Å²) in [5.74, 6) is 0.0287. The van der Waals surface area contributed by atoms with Gasteiger partial charge in [-0.05, 0) is 24.8 Å². The minimum Gasteiger partial charge on any atom is -0.392 e. The number of likely N-dealkylation sites (tertiary alicyclic amines) is 1. The highest BCUT2D eigenvalue weighted by Gasteiger charge is 2.32. The molecule has 0 spiro atoms. The first-order chi connectivity index (χ1) is 11.5. The molecule has 24 heavy (non-hydrogen) atoms.